The predicted molar refractivity (Wildman–Crippen MR) is 340 cm³/mol. The Bertz CT molecular complexity index is 4600. The van der Waals surface area contributed by atoms with Gasteiger partial charge in [0.1, 0.15) is 0 Å². The Morgan fingerprint density at radius 1 is 0.312 bits per heavy atom. The van der Waals surface area contributed by atoms with Crippen molar-refractivity contribution in [1.29, 1.82) is 0 Å². The van der Waals surface area contributed by atoms with E-state index in [1.807, 2.05) is 0 Å². The van der Waals surface area contributed by atoms with Crippen molar-refractivity contribution in [3.05, 3.63) is 342 Å². The third-order valence-corrected chi connectivity index (χ3v) is 18.1. The van der Waals surface area contributed by atoms with E-state index in [0.29, 0.717) is 0 Å². The molecule has 1 unspecified atom stereocenters. The molecule has 13 aromatic rings. The van der Waals surface area contributed by atoms with Crippen LogP contribution in [-0.4, -0.2) is 0 Å². The minimum Gasteiger partial charge on any atom is -0.0760 e. The van der Waals surface area contributed by atoms with Crippen molar-refractivity contribution in [1.82, 2.24) is 0 Å². The van der Waals surface area contributed by atoms with Crippen molar-refractivity contribution < 1.29 is 0 Å². The van der Waals surface area contributed by atoms with Crippen LogP contribution in [0.1, 0.15) is 38.9 Å². The van der Waals surface area contributed by atoms with E-state index >= 15 is 0 Å². The van der Waals surface area contributed by atoms with Crippen LogP contribution in [0.25, 0.3) is 115 Å². The Balaban J connectivity index is 1.03. The van der Waals surface area contributed by atoms with Crippen LogP contribution in [0.5, 0.6) is 0 Å². The van der Waals surface area contributed by atoms with Gasteiger partial charge < -0.3 is 0 Å². The van der Waals surface area contributed by atoms with E-state index < -0.39 is 5.41 Å². The van der Waals surface area contributed by atoms with Gasteiger partial charge in [0.15, 0.2) is 0 Å². The lowest BCUT2D eigenvalue weighted by Crippen LogP contribution is -2.31. The zero-order chi connectivity index (χ0) is 52.5. The summed E-state index contributed by atoms with van der Waals surface area (Å²) in [4.78, 5) is 0. The first-order valence-electron chi connectivity index (χ1n) is 28.1. The smallest absolute Gasteiger partial charge is 0.0500 e. The quantitative estimate of drug-likeness (QED) is 0.161. The summed E-state index contributed by atoms with van der Waals surface area (Å²) in [6, 6.07) is 93.3. The lowest BCUT2D eigenvalue weighted by molar-refractivity contribution is 0.556. The van der Waals surface area contributed by atoms with Gasteiger partial charge in [-0.3, -0.25) is 0 Å². The molecule has 0 heterocycles. The molecule has 80 heavy (non-hydrogen) atoms. The summed E-state index contributed by atoms with van der Waals surface area (Å²) < 4.78 is 0. The summed E-state index contributed by atoms with van der Waals surface area (Å²) in [5.41, 5.74) is 20.8. The van der Waals surface area contributed by atoms with Crippen LogP contribution in [0, 0.1) is 5.92 Å². The molecule has 0 radical (unpaired) electrons. The molecule has 0 saturated heterocycles. The van der Waals surface area contributed by atoms with Crippen molar-refractivity contribution in [2.75, 3.05) is 0 Å². The first-order valence-corrected chi connectivity index (χ1v) is 28.1. The molecule has 0 saturated carbocycles. The number of allylic oxidation sites excluding steroid dienone is 10. The second kappa shape index (κ2) is 17.4. The summed E-state index contributed by atoms with van der Waals surface area (Å²) in [6.07, 6.45) is 19.8. The molecule has 0 aromatic heterocycles. The number of fused-ring (bicyclic) bond motifs is 21. The number of hydrogen-bond acceptors (Lipinski definition) is 0. The molecule has 0 nitrogen and oxygen atoms in total. The van der Waals surface area contributed by atoms with Gasteiger partial charge in [-0.05, 0) is 171 Å². The van der Waals surface area contributed by atoms with Crippen LogP contribution in [0.3, 0.4) is 0 Å². The maximum absolute atomic E-state index is 2.70. The monoisotopic (exact) mass is 1010 g/mol. The summed E-state index contributed by atoms with van der Waals surface area (Å²) in [5.74, 6) is -0.0961. The van der Waals surface area contributed by atoms with Crippen molar-refractivity contribution in [2.45, 2.75) is 5.41 Å². The molecule has 1 atom stereocenters. The second-order valence-electron chi connectivity index (χ2n) is 22.1. The molecule has 4 aliphatic rings. The largest absolute Gasteiger partial charge is 0.0760 e. The molecule has 13 aromatic carbocycles. The summed E-state index contributed by atoms with van der Waals surface area (Å²) in [7, 11) is 0. The first kappa shape index (κ1) is 44.9. The van der Waals surface area contributed by atoms with Gasteiger partial charge >= 0.3 is 0 Å². The van der Waals surface area contributed by atoms with E-state index in [9.17, 15) is 0 Å². The van der Waals surface area contributed by atoms with Gasteiger partial charge in [-0.15, -0.1) is 0 Å². The fourth-order valence-corrected chi connectivity index (χ4v) is 14.6. The van der Waals surface area contributed by atoms with Crippen molar-refractivity contribution in [2.24, 2.45) is 5.92 Å². The molecular formula is C80H50. The first-order chi connectivity index (χ1) is 39.7. The number of benzene rings is 13. The summed E-state index contributed by atoms with van der Waals surface area (Å²) in [5, 5.41) is 15.1. The lowest BCUT2D eigenvalue weighted by atomic mass is 9.66. The lowest BCUT2D eigenvalue weighted by Gasteiger charge is -2.35. The van der Waals surface area contributed by atoms with Gasteiger partial charge in [0.05, 0.1) is 5.41 Å². The minimum absolute atomic E-state index is 0.0961. The Kier molecular flexibility index (Phi) is 9.79. The summed E-state index contributed by atoms with van der Waals surface area (Å²) in [6.45, 7) is 0. The molecule has 4 aliphatic carbocycles. The summed E-state index contributed by atoms with van der Waals surface area (Å²) >= 11 is 0. The highest BCUT2D eigenvalue weighted by atomic mass is 14.5. The second-order valence-corrected chi connectivity index (χ2v) is 22.1. The van der Waals surface area contributed by atoms with Gasteiger partial charge in [-0.2, -0.15) is 0 Å². The normalized spacial score (nSPS) is 15.2. The van der Waals surface area contributed by atoms with Gasteiger partial charge in [-0.1, -0.05) is 285 Å². The Labute approximate surface area is 465 Å². The highest BCUT2D eigenvalue weighted by Crippen LogP contribution is 2.60. The van der Waals surface area contributed by atoms with Gasteiger partial charge in [0, 0.05) is 5.92 Å². The van der Waals surface area contributed by atoms with E-state index in [0.717, 1.165) is 5.57 Å². The molecule has 0 bridgehead atoms. The average molecular weight is 1010 g/mol. The molecule has 0 amide bonds. The minimum atomic E-state index is -0.691. The fourth-order valence-electron chi connectivity index (χ4n) is 14.6. The zero-order valence-electron chi connectivity index (χ0n) is 43.9. The van der Waals surface area contributed by atoms with Crippen LogP contribution in [0.2, 0.25) is 0 Å². The number of rotatable bonds is 5. The maximum Gasteiger partial charge on any atom is 0.0500 e. The topological polar surface area (TPSA) is 0 Å². The Hall–Kier alpha value is -10.1. The van der Waals surface area contributed by atoms with Crippen molar-refractivity contribution in [3.8, 4) is 33.4 Å². The predicted octanol–water partition coefficient (Wildman–Crippen LogP) is 20.8. The van der Waals surface area contributed by atoms with E-state index in [2.05, 4.69) is 297 Å². The third kappa shape index (κ3) is 6.51. The van der Waals surface area contributed by atoms with Gasteiger partial charge in [0.25, 0.3) is 0 Å². The van der Waals surface area contributed by atoms with Crippen LogP contribution < -0.4 is 0 Å². The molecular weight excluding hydrogens is 961 g/mol. The van der Waals surface area contributed by atoms with Gasteiger partial charge in [0.2, 0.25) is 0 Å². The zero-order valence-corrected chi connectivity index (χ0v) is 43.9. The molecule has 0 spiro atoms. The van der Waals surface area contributed by atoms with Crippen molar-refractivity contribution >= 4 is 81.4 Å². The van der Waals surface area contributed by atoms with E-state index in [-0.39, 0.29) is 5.92 Å². The molecule has 17 rings (SSSR count). The number of hydrogen-bond donors (Lipinski definition) is 0. The van der Waals surface area contributed by atoms with Gasteiger partial charge in [-0.25, -0.2) is 0 Å². The fraction of sp³-hybridized carbons (Fsp3) is 0.0250. The molecule has 0 fully saturated rings. The molecule has 0 N–H and O–H groups in total. The average Bonchev–Trinajstić information content (AvgIpc) is 4.23. The Morgan fingerprint density at radius 2 is 0.650 bits per heavy atom. The molecule has 0 heteroatoms. The Morgan fingerprint density at radius 3 is 1.04 bits per heavy atom. The highest BCUT2D eigenvalue weighted by molar-refractivity contribution is 6.21. The van der Waals surface area contributed by atoms with Crippen LogP contribution in [0.15, 0.2) is 303 Å². The van der Waals surface area contributed by atoms with Crippen LogP contribution >= 0.6 is 0 Å². The standard InChI is InChI=1S/C80H50/c1-2-17-51(18-3-1)52-25-16-26-59(40-33-52)80(72-45-38-57-23-8-14-31-64(57)78(72)79-65-32-15-9-24-58(65)39-46-73(79)80)49-50(47-70-66-41-34-53-19-4-10-27-60(53)74(66)75-61-28-11-5-20-54(61)35-42-67(70)75)48-71-68-43-36-55-21-6-12-29-62(55)76(68)77-63-30-13-7-22-56(63)37-44-69(71)77/h1-49,59H. The van der Waals surface area contributed by atoms with E-state index in [1.54, 1.807) is 0 Å². The highest BCUT2D eigenvalue weighted by Gasteiger charge is 2.47. The van der Waals surface area contributed by atoms with Crippen molar-refractivity contribution in [3.63, 3.8) is 0 Å². The van der Waals surface area contributed by atoms with Crippen LogP contribution in [-0.2, 0) is 5.41 Å². The SMILES string of the molecule is C1=CC(C2(C=C(C=C3c4ccc5ccccc5c4-c4c3ccc3ccccc43)C=C3c4ccc5ccccc5c4-c4c3ccc3ccccc43)c3ccc4ccccc4c3-c3c2ccc2ccccc32)C=CC(c2ccccc2)=C1. The van der Waals surface area contributed by atoms with Crippen LogP contribution in [0.4, 0.5) is 0 Å². The molecule has 370 valence electrons. The third-order valence-electron chi connectivity index (χ3n) is 18.1. The van der Waals surface area contributed by atoms with E-state index in [4.69, 9.17) is 0 Å². The van der Waals surface area contributed by atoms with E-state index in [1.165, 1.54) is 154 Å². The maximum atomic E-state index is 2.70. The molecule has 0 aliphatic heterocycles.